The van der Waals surface area contributed by atoms with Crippen molar-refractivity contribution in [3.8, 4) is 23.3 Å². The van der Waals surface area contributed by atoms with E-state index in [4.69, 9.17) is 14.7 Å². The van der Waals surface area contributed by atoms with Crippen molar-refractivity contribution in [2.24, 2.45) is 0 Å². The van der Waals surface area contributed by atoms with Crippen LogP contribution in [0.2, 0.25) is 0 Å². The minimum absolute atomic E-state index is 0.0616. The summed E-state index contributed by atoms with van der Waals surface area (Å²) in [6.07, 6.45) is 8.49. The monoisotopic (exact) mass is 402 g/mol. The smallest absolute Gasteiger partial charge is 0.244 e. The quantitative estimate of drug-likeness (QED) is 0.581. The molecule has 2 aromatic carbocycles. The molecule has 3 rings (SSSR count). The topological polar surface area (TPSA) is 89.2 Å². The Balaban J connectivity index is 1.64. The van der Waals surface area contributed by atoms with Gasteiger partial charge in [-0.3, -0.25) is 4.79 Å². The highest BCUT2D eigenvalue weighted by atomic mass is 16.5. The number of methoxy groups -OCH3 is 1. The summed E-state index contributed by atoms with van der Waals surface area (Å²) in [5.74, 6) is 0.767. The van der Waals surface area contributed by atoms with Crippen LogP contribution >= 0.6 is 0 Å². The highest BCUT2D eigenvalue weighted by Crippen LogP contribution is 2.28. The zero-order valence-corrected chi connectivity index (χ0v) is 16.8. The number of ether oxygens (including phenoxy) is 2. The Morgan fingerprint density at radius 2 is 2.17 bits per heavy atom. The second-order valence-corrected chi connectivity index (χ2v) is 6.49. The maximum absolute atomic E-state index is 12.4. The van der Waals surface area contributed by atoms with Gasteiger partial charge in [-0.15, -0.1) is 0 Å². The number of benzene rings is 2. The summed E-state index contributed by atoms with van der Waals surface area (Å²) < 4.78 is 12.5. The molecule has 7 nitrogen and oxygen atoms in total. The first kappa shape index (κ1) is 20.7. The molecule has 0 aliphatic heterocycles. The Labute approximate surface area is 175 Å². The van der Waals surface area contributed by atoms with Crippen molar-refractivity contribution in [1.82, 2.24) is 14.9 Å². The third-order valence-corrected chi connectivity index (χ3v) is 4.44. The fourth-order valence-electron chi connectivity index (χ4n) is 2.90. The Hall–Kier alpha value is -4.05. The molecule has 0 saturated carbocycles. The lowest BCUT2D eigenvalue weighted by molar-refractivity contribution is -0.117. The molecule has 3 aromatic rings. The van der Waals surface area contributed by atoms with Crippen LogP contribution in [-0.2, 0) is 4.79 Å². The lowest BCUT2D eigenvalue weighted by Crippen LogP contribution is -2.24. The van der Waals surface area contributed by atoms with Crippen LogP contribution in [0.3, 0.4) is 0 Å². The van der Waals surface area contributed by atoms with Gasteiger partial charge < -0.3 is 19.4 Å². The maximum Gasteiger partial charge on any atom is 0.244 e. The van der Waals surface area contributed by atoms with E-state index in [1.54, 1.807) is 36.8 Å². The van der Waals surface area contributed by atoms with Crippen LogP contribution in [0, 0.1) is 11.3 Å². The molecule has 1 amide bonds. The maximum atomic E-state index is 12.4. The van der Waals surface area contributed by atoms with Gasteiger partial charge in [-0.1, -0.05) is 18.2 Å². The van der Waals surface area contributed by atoms with Crippen molar-refractivity contribution in [2.75, 3.05) is 13.7 Å². The van der Waals surface area contributed by atoms with Crippen LogP contribution in [0.4, 0.5) is 0 Å². The SMILES string of the molecule is COc1cc(/C=C/C(=O)N[C@@H](C)c2cccc(-n3ccnc3)c2)ccc1OCC#N. The summed E-state index contributed by atoms with van der Waals surface area (Å²) in [7, 11) is 1.52. The second-order valence-electron chi connectivity index (χ2n) is 6.49. The number of nitriles is 1. The van der Waals surface area contributed by atoms with Gasteiger partial charge in [0.25, 0.3) is 0 Å². The van der Waals surface area contributed by atoms with Gasteiger partial charge in [-0.05, 0) is 48.4 Å². The van der Waals surface area contributed by atoms with Crippen LogP contribution < -0.4 is 14.8 Å². The van der Waals surface area contributed by atoms with Gasteiger partial charge >= 0.3 is 0 Å². The molecule has 1 atom stereocenters. The first-order chi connectivity index (χ1) is 14.6. The molecule has 0 unspecified atom stereocenters. The van der Waals surface area contributed by atoms with Crippen LogP contribution in [0.15, 0.2) is 67.3 Å². The molecule has 1 N–H and O–H groups in total. The van der Waals surface area contributed by atoms with Gasteiger partial charge in [0.05, 0.1) is 19.5 Å². The summed E-state index contributed by atoms with van der Waals surface area (Å²) in [4.78, 5) is 16.4. The zero-order valence-electron chi connectivity index (χ0n) is 16.8. The number of nitrogens with one attached hydrogen (secondary N) is 1. The van der Waals surface area contributed by atoms with Crippen LogP contribution in [0.25, 0.3) is 11.8 Å². The van der Waals surface area contributed by atoms with Gasteiger partial charge in [0.2, 0.25) is 5.91 Å². The molecule has 0 spiro atoms. The van der Waals surface area contributed by atoms with Gasteiger partial charge in [0.15, 0.2) is 18.1 Å². The van der Waals surface area contributed by atoms with Gasteiger partial charge in [0, 0.05) is 24.2 Å². The molecular formula is C23H22N4O3. The Morgan fingerprint density at radius 1 is 1.30 bits per heavy atom. The summed E-state index contributed by atoms with van der Waals surface area (Å²) >= 11 is 0. The average molecular weight is 402 g/mol. The molecule has 0 radical (unpaired) electrons. The van der Waals surface area contributed by atoms with E-state index in [1.807, 2.05) is 48.0 Å². The Kier molecular flexibility index (Phi) is 6.85. The number of rotatable bonds is 8. The number of carbonyl (C=O) groups excluding carboxylic acids is 1. The molecule has 30 heavy (non-hydrogen) atoms. The zero-order chi connectivity index (χ0) is 21.3. The molecule has 1 aromatic heterocycles. The van der Waals surface area contributed by atoms with Crippen molar-refractivity contribution in [1.29, 1.82) is 5.26 Å². The molecule has 0 bridgehead atoms. The van der Waals surface area contributed by atoms with Crippen LogP contribution in [-0.4, -0.2) is 29.2 Å². The van der Waals surface area contributed by atoms with E-state index in [2.05, 4.69) is 10.3 Å². The van der Waals surface area contributed by atoms with Crippen molar-refractivity contribution < 1.29 is 14.3 Å². The predicted molar refractivity (Wildman–Crippen MR) is 113 cm³/mol. The third-order valence-electron chi connectivity index (χ3n) is 4.44. The number of aromatic nitrogens is 2. The van der Waals surface area contributed by atoms with Gasteiger partial charge in [-0.2, -0.15) is 5.26 Å². The summed E-state index contributed by atoms with van der Waals surface area (Å²) in [5, 5.41) is 11.6. The molecule has 152 valence electrons. The Bertz CT molecular complexity index is 1070. The van der Waals surface area contributed by atoms with E-state index in [1.165, 1.54) is 13.2 Å². The third kappa shape index (κ3) is 5.26. The number of carbonyl (C=O) groups is 1. The lowest BCUT2D eigenvalue weighted by Gasteiger charge is -2.14. The molecule has 1 heterocycles. The fourth-order valence-corrected chi connectivity index (χ4v) is 2.90. The molecule has 7 heteroatoms. The number of amides is 1. The molecule has 0 aliphatic carbocycles. The minimum atomic E-state index is -0.209. The number of imidazole rings is 1. The summed E-state index contributed by atoms with van der Waals surface area (Å²) in [6, 6.07) is 14.9. The molecular weight excluding hydrogens is 380 g/mol. The minimum Gasteiger partial charge on any atom is -0.493 e. The predicted octanol–water partition coefficient (Wildman–Crippen LogP) is 3.67. The summed E-state index contributed by atoms with van der Waals surface area (Å²) in [5.41, 5.74) is 2.75. The van der Waals surface area contributed by atoms with Crippen molar-refractivity contribution in [3.63, 3.8) is 0 Å². The second kappa shape index (κ2) is 9.94. The first-order valence-corrected chi connectivity index (χ1v) is 9.35. The number of nitrogens with zero attached hydrogens (tertiary/aromatic N) is 3. The van der Waals surface area contributed by atoms with E-state index >= 15 is 0 Å². The van der Waals surface area contributed by atoms with E-state index in [0.717, 1.165) is 16.8 Å². The van der Waals surface area contributed by atoms with E-state index < -0.39 is 0 Å². The Morgan fingerprint density at radius 3 is 2.90 bits per heavy atom. The number of hydrogen-bond donors (Lipinski definition) is 1. The van der Waals surface area contributed by atoms with Crippen molar-refractivity contribution in [2.45, 2.75) is 13.0 Å². The largest absolute Gasteiger partial charge is 0.493 e. The van der Waals surface area contributed by atoms with Crippen molar-refractivity contribution >= 4 is 12.0 Å². The standard InChI is InChI=1S/C23H22N4O3/c1-17(19-4-3-5-20(15-19)27-12-11-25-16-27)26-23(28)9-7-18-6-8-21(30-13-10-24)22(14-18)29-2/h3-9,11-12,14-17H,13H2,1-2H3,(H,26,28)/b9-7+/t17-/m0/s1. The highest BCUT2D eigenvalue weighted by Gasteiger charge is 2.09. The molecule has 0 fully saturated rings. The number of hydrogen-bond acceptors (Lipinski definition) is 5. The first-order valence-electron chi connectivity index (χ1n) is 9.35. The highest BCUT2D eigenvalue weighted by molar-refractivity contribution is 5.92. The normalized spacial score (nSPS) is 11.6. The van der Waals surface area contributed by atoms with Gasteiger partial charge in [-0.25, -0.2) is 4.98 Å². The van der Waals surface area contributed by atoms with E-state index in [9.17, 15) is 4.79 Å². The average Bonchev–Trinajstić information content (AvgIpc) is 3.31. The summed E-state index contributed by atoms with van der Waals surface area (Å²) in [6.45, 7) is 1.87. The van der Waals surface area contributed by atoms with Crippen LogP contribution in [0.5, 0.6) is 11.5 Å². The van der Waals surface area contributed by atoms with E-state index in [-0.39, 0.29) is 18.6 Å². The molecule has 0 saturated heterocycles. The van der Waals surface area contributed by atoms with Crippen LogP contribution in [0.1, 0.15) is 24.1 Å². The van der Waals surface area contributed by atoms with Gasteiger partial charge in [0.1, 0.15) is 6.07 Å². The molecule has 0 aliphatic rings. The van der Waals surface area contributed by atoms with E-state index in [0.29, 0.717) is 11.5 Å². The lowest BCUT2D eigenvalue weighted by atomic mass is 10.1. The fraction of sp³-hybridized carbons (Fsp3) is 0.174. The van der Waals surface area contributed by atoms with Crippen molar-refractivity contribution in [3.05, 3.63) is 78.4 Å².